The summed E-state index contributed by atoms with van der Waals surface area (Å²) in [5.41, 5.74) is 0. The number of ether oxygens (including phenoxy) is 1. The van der Waals surface area contributed by atoms with E-state index in [2.05, 4.69) is 11.9 Å². The molecule has 1 atom stereocenters. The van der Waals surface area contributed by atoms with Crippen molar-refractivity contribution >= 4 is 0 Å². The topological polar surface area (TPSA) is 12.5 Å². The van der Waals surface area contributed by atoms with Gasteiger partial charge < -0.3 is 9.64 Å². The second-order valence-corrected chi connectivity index (χ2v) is 3.79. The predicted molar refractivity (Wildman–Crippen MR) is 44.6 cm³/mol. The van der Waals surface area contributed by atoms with Gasteiger partial charge in [-0.15, -0.1) is 0 Å². The van der Waals surface area contributed by atoms with E-state index in [9.17, 15) is 0 Å². The normalized spacial score (nSPS) is 35.2. The molecule has 1 aliphatic heterocycles. The molecule has 0 N–H and O–H groups in total. The Bertz CT molecular complexity index is 134. The standard InChI is InChI=1S/C9H17NO/c1-10-5-7-11-6-4-9(10)8-2-3-8/h8-9H,2-7H2,1H3. The fourth-order valence-electron chi connectivity index (χ4n) is 1.98. The Labute approximate surface area is 68.5 Å². The van der Waals surface area contributed by atoms with Gasteiger partial charge in [0.25, 0.3) is 0 Å². The molecular formula is C9H17NO. The van der Waals surface area contributed by atoms with Crippen LogP contribution in [0.5, 0.6) is 0 Å². The second kappa shape index (κ2) is 3.11. The number of hydrogen-bond acceptors (Lipinski definition) is 2. The molecule has 2 nitrogen and oxygen atoms in total. The fourth-order valence-corrected chi connectivity index (χ4v) is 1.98. The first-order chi connectivity index (χ1) is 5.38. The van der Waals surface area contributed by atoms with Crippen molar-refractivity contribution in [3.63, 3.8) is 0 Å². The molecule has 0 bridgehead atoms. The van der Waals surface area contributed by atoms with Crippen LogP contribution in [0.3, 0.4) is 0 Å². The maximum absolute atomic E-state index is 5.43. The van der Waals surface area contributed by atoms with E-state index in [4.69, 9.17) is 4.74 Å². The first-order valence-electron chi connectivity index (χ1n) is 4.66. The van der Waals surface area contributed by atoms with Gasteiger partial charge in [-0.25, -0.2) is 0 Å². The molecule has 2 aliphatic rings. The van der Waals surface area contributed by atoms with Gasteiger partial charge in [0, 0.05) is 19.2 Å². The van der Waals surface area contributed by atoms with Crippen molar-refractivity contribution < 1.29 is 4.74 Å². The van der Waals surface area contributed by atoms with E-state index in [1.807, 2.05) is 0 Å². The van der Waals surface area contributed by atoms with Crippen molar-refractivity contribution in [2.24, 2.45) is 5.92 Å². The van der Waals surface area contributed by atoms with Crippen LogP contribution >= 0.6 is 0 Å². The lowest BCUT2D eigenvalue weighted by Gasteiger charge is -2.24. The van der Waals surface area contributed by atoms with Crippen molar-refractivity contribution in [2.45, 2.75) is 25.3 Å². The van der Waals surface area contributed by atoms with Crippen LogP contribution < -0.4 is 0 Å². The van der Waals surface area contributed by atoms with Crippen LogP contribution in [0.15, 0.2) is 0 Å². The van der Waals surface area contributed by atoms with Gasteiger partial charge >= 0.3 is 0 Å². The van der Waals surface area contributed by atoms with Gasteiger partial charge in [-0.1, -0.05) is 0 Å². The van der Waals surface area contributed by atoms with Crippen LogP contribution in [0.1, 0.15) is 19.3 Å². The zero-order valence-corrected chi connectivity index (χ0v) is 7.25. The highest BCUT2D eigenvalue weighted by Crippen LogP contribution is 2.36. The molecule has 0 radical (unpaired) electrons. The van der Waals surface area contributed by atoms with Crippen molar-refractivity contribution in [1.82, 2.24) is 4.90 Å². The molecular weight excluding hydrogens is 138 g/mol. The smallest absolute Gasteiger partial charge is 0.0593 e. The van der Waals surface area contributed by atoms with Gasteiger partial charge in [0.2, 0.25) is 0 Å². The molecule has 0 aromatic rings. The summed E-state index contributed by atoms with van der Waals surface area (Å²) in [6.45, 7) is 3.03. The van der Waals surface area contributed by atoms with Crippen molar-refractivity contribution in [3.8, 4) is 0 Å². The summed E-state index contributed by atoms with van der Waals surface area (Å²) in [7, 11) is 2.23. The van der Waals surface area contributed by atoms with E-state index in [1.54, 1.807) is 0 Å². The molecule has 0 aromatic carbocycles. The lowest BCUT2D eigenvalue weighted by atomic mass is 10.1. The maximum atomic E-state index is 5.43. The van der Waals surface area contributed by atoms with Gasteiger partial charge in [-0.2, -0.15) is 0 Å². The van der Waals surface area contributed by atoms with Gasteiger partial charge in [0.1, 0.15) is 0 Å². The molecule has 1 unspecified atom stereocenters. The fraction of sp³-hybridized carbons (Fsp3) is 1.00. The van der Waals surface area contributed by atoms with Gasteiger partial charge in [0.05, 0.1) is 6.61 Å². The Balaban J connectivity index is 1.91. The lowest BCUT2D eigenvalue weighted by molar-refractivity contribution is 0.144. The summed E-state index contributed by atoms with van der Waals surface area (Å²) >= 11 is 0. The minimum Gasteiger partial charge on any atom is -0.380 e. The van der Waals surface area contributed by atoms with E-state index < -0.39 is 0 Å². The van der Waals surface area contributed by atoms with E-state index in [0.717, 1.165) is 31.7 Å². The summed E-state index contributed by atoms with van der Waals surface area (Å²) in [4.78, 5) is 2.48. The van der Waals surface area contributed by atoms with Gasteiger partial charge in [0.15, 0.2) is 0 Å². The molecule has 11 heavy (non-hydrogen) atoms. The van der Waals surface area contributed by atoms with Crippen LogP contribution in [-0.2, 0) is 4.74 Å². The third kappa shape index (κ3) is 1.74. The molecule has 2 heteroatoms. The van der Waals surface area contributed by atoms with Crippen LogP contribution in [0.2, 0.25) is 0 Å². The molecule has 0 aromatic heterocycles. The molecule has 1 aliphatic carbocycles. The number of rotatable bonds is 1. The molecule has 1 saturated carbocycles. The second-order valence-electron chi connectivity index (χ2n) is 3.79. The Morgan fingerprint density at radius 1 is 1.18 bits per heavy atom. The summed E-state index contributed by atoms with van der Waals surface area (Å²) in [5.74, 6) is 1.00. The summed E-state index contributed by atoms with van der Waals surface area (Å²) in [5, 5.41) is 0. The monoisotopic (exact) mass is 155 g/mol. The first kappa shape index (κ1) is 7.56. The van der Waals surface area contributed by atoms with Crippen molar-refractivity contribution in [1.29, 1.82) is 0 Å². The average molecular weight is 155 g/mol. The Morgan fingerprint density at radius 2 is 2.00 bits per heavy atom. The molecule has 2 fully saturated rings. The molecule has 0 spiro atoms. The predicted octanol–water partition coefficient (Wildman–Crippen LogP) is 1.12. The highest BCUT2D eigenvalue weighted by molar-refractivity contribution is 4.87. The molecule has 1 saturated heterocycles. The van der Waals surface area contributed by atoms with Crippen molar-refractivity contribution in [2.75, 3.05) is 26.8 Å². The lowest BCUT2D eigenvalue weighted by Crippen LogP contribution is -2.33. The highest BCUT2D eigenvalue weighted by atomic mass is 16.5. The molecule has 0 amide bonds. The van der Waals surface area contributed by atoms with Crippen molar-refractivity contribution in [3.05, 3.63) is 0 Å². The SMILES string of the molecule is CN1CCOCCC1C1CC1. The van der Waals surface area contributed by atoms with Crippen LogP contribution in [0.4, 0.5) is 0 Å². The minimum absolute atomic E-state index is 0.831. The van der Waals surface area contributed by atoms with Crippen LogP contribution in [0, 0.1) is 5.92 Å². The van der Waals surface area contributed by atoms with E-state index in [0.29, 0.717) is 0 Å². The van der Waals surface area contributed by atoms with E-state index >= 15 is 0 Å². The zero-order valence-electron chi connectivity index (χ0n) is 7.25. The largest absolute Gasteiger partial charge is 0.380 e. The third-order valence-corrected chi connectivity index (χ3v) is 2.88. The number of nitrogens with zero attached hydrogens (tertiary/aromatic N) is 1. The Kier molecular flexibility index (Phi) is 2.14. The summed E-state index contributed by atoms with van der Waals surface area (Å²) in [6, 6.07) is 0.831. The third-order valence-electron chi connectivity index (χ3n) is 2.88. The quantitative estimate of drug-likeness (QED) is 0.562. The van der Waals surface area contributed by atoms with Gasteiger partial charge in [-0.3, -0.25) is 0 Å². The van der Waals surface area contributed by atoms with E-state index in [-0.39, 0.29) is 0 Å². The Hall–Kier alpha value is -0.0800. The first-order valence-corrected chi connectivity index (χ1v) is 4.66. The Morgan fingerprint density at radius 3 is 2.73 bits per heavy atom. The minimum atomic E-state index is 0.831. The van der Waals surface area contributed by atoms with Gasteiger partial charge in [-0.05, 0) is 32.2 Å². The average Bonchev–Trinajstić information content (AvgIpc) is 2.74. The molecule has 2 rings (SSSR count). The molecule has 1 heterocycles. The zero-order chi connectivity index (χ0) is 7.68. The van der Waals surface area contributed by atoms with Crippen LogP contribution in [-0.4, -0.2) is 37.7 Å². The summed E-state index contributed by atoms with van der Waals surface area (Å²) < 4.78 is 5.43. The highest BCUT2D eigenvalue weighted by Gasteiger charge is 2.34. The van der Waals surface area contributed by atoms with E-state index in [1.165, 1.54) is 19.3 Å². The maximum Gasteiger partial charge on any atom is 0.0593 e. The number of likely N-dealkylation sites (N-methyl/N-ethyl adjacent to an activating group) is 1. The molecule has 64 valence electrons. The van der Waals surface area contributed by atoms with Crippen LogP contribution in [0.25, 0.3) is 0 Å². The summed E-state index contributed by atoms with van der Waals surface area (Å²) in [6.07, 6.45) is 4.16. The number of hydrogen-bond donors (Lipinski definition) is 0.